The number of thiocarbonyl (C=S) groups is 1. The lowest BCUT2D eigenvalue weighted by molar-refractivity contribution is -0.121. The van der Waals surface area contributed by atoms with Crippen LogP contribution >= 0.6 is 12.2 Å². The van der Waals surface area contributed by atoms with Crippen molar-refractivity contribution in [3.63, 3.8) is 0 Å². The highest BCUT2D eigenvalue weighted by Gasteiger charge is 2.11. The Morgan fingerprint density at radius 3 is 2.64 bits per heavy atom. The van der Waals surface area contributed by atoms with E-state index < -0.39 is 11.8 Å². The van der Waals surface area contributed by atoms with Gasteiger partial charge in [0.15, 0.2) is 17.4 Å². The Labute approximate surface area is 150 Å². The van der Waals surface area contributed by atoms with Gasteiger partial charge in [-0.3, -0.25) is 30.9 Å². The molecule has 0 unspecified atom stereocenters. The molecule has 25 heavy (non-hydrogen) atoms. The lowest BCUT2D eigenvalue weighted by atomic mass is 10.1. The molecule has 0 atom stereocenters. The van der Waals surface area contributed by atoms with Gasteiger partial charge in [-0.15, -0.1) is 0 Å². The van der Waals surface area contributed by atoms with E-state index in [0.29, 0.717) is 5.75 Å². The fourth-order valence-electron chi connectivity index (χ4n) is 1.91. The van der Waals surface area contributed by atoms with E-state index in [-0.39, 0.29) is 17.4 Å². The second-order valence-electron chi connectivity index (χ2n) is 5.45. The number of H-pyrrole nitrogens is 1. The predicted octanol–water partition coefficient (Wildman–Crippen LogP) is 1.05. The zero-order chi connectivity index (χ0) is 18.4. The summed E-state index contributed by atoms with van der Waals surface area (Å²) in [6.07, 6.45) is 0. The number of rotatable bonds is 4. The SMILES string of the molecule is Cc1ccc(C)c(OCC(=O)NC(=S)NNC(=O)c2cc(C)[nH]n2)c1. The van der Waals surface area contributed by atoms with Gasteiger partial charge in [-0.1, -0.05) is 12.1 Å². The summed E-state index contributed by atoms with van der Waals surface area (Å²) in [5.74, 6) is -0.285. The monoisotopic (exact) mass is 361 g/mol. The molecule has 0 bridgehead atoms. The van der Waals surface area contributed by atoms with E-state index >= 15 is 0 Å². The van der Waals surface area contributed by atoms with E-state index in [0.717, 1.165) is 16.8 Å². The van der Waals surface area contributed by atoms with Crippen molar-refractivity contribution in [2.45, 2.75) is 20.8 Å². The first kappa shape index (κ1) is 18.4. The predicted molar refractivity (Wildman–Crippen MR) is 96.1 cm³/mol. The number of nitrogens with one attached hydrogen (secondary N) is 4. The van der Waals surface area contributed by atoms with Crippen LogP contribution in [0.3, 0.4) is 0 Å². The lowest BCUT2D eigenvalue weighted by Crippen LogP contribution is -2.49. The molecule has 1 aromatic heterocycles. The maximum absolute atomic E-state index is 11.8. The minimum Gasteiger partial charge on any atom is -0.483 e. The Hall–Kier alpha value is -2.94. The Morgan fingerprint density at radius 1 is 1.20 bits per heavy atom. The van der Waals surface area contributed by atoms with Crippen LogP contribution in [0.2, 0.25) is 0 Å². The van der Waals surface area contributed by atoms with E-state index in [1.165, 1.54) is 0 Å². The number of hydrazine groups is 1. The molecule has 8 nitrogen and oxygen atoms in total. The minimum absolute atomic E-state index is 0.0461. The summed E-state index contributed by atoms with van der Waals surface area (Å²) in [5, 5.41) is 8.82. The molecule has 0 fully saturated rings. The van der Waals surface area contributed by atoms with Crippen LogP contribution in [0, 0.1) is 20.8 Å². The minimum atomic E-state index is -0.479. The maximum atomic E-state index is 11.8. The fraction of sp³-hybridized carbons (Fsp3) is 0.250. The molecule has 0 aliphatic rings. The molecular weight excluding hydrogens is 342 g/mol. The third kappa shape index (κ3) is 5.57. The summed E-state index contributed by atoms with van der Waals surface area (Å²) in [6.45, 7) is 5.41. The van der Waals surface area contributed by atoms with Gasteiger partial charge in [0.05, 0.1) is 0 Å². The van der Waals surface area contributed by atoms with Gasteiger partial charge in [0.2, 0.25) is 0 Å². The van der Waals surface area contributed by atoms with E-state index in [2.05, 4.69) is 26.4 Å². The second kappa shape index (κ2) is 8.25. The van der Waals surface area contributed by atoms with Gasteiger partial charge in [0.25, 0.3) is 11.8 Å². The van der Waals surface area contributed by atoms with Crippen LogP contribution in [0.1, 0.15) is 27.3 Å². The van der Waals surface area contributed by atoms with Gasteiger partial charge in [0, 0.05) is 5.69 Å². The van der Waals surface area contributed by atoms with E-state index in [1.54, 1.807) is 13.0 Å². The molecule has 0 aliphatic carbocycles. The van der Waals surface area contributed by atoms with Gasteiger partial charge in [-0.2, -0.15) is 5.10 Å². The van der Waals surface area contributed by atoms with Crippen LogP contribution < -0.4 is 20.9 Å². The standard InChI is InChI=1S/C16H19N5O3S/c1-9-4-5-10(2)13(6-9)24-8-14(22)17-16(25)21-20-15(23)12-7-11(3)18-19-12/h4-7H,8H2,1-3H3,(H,18,19)(H,20,23)(H2,17,21,22,25). The number of hydrogen-bond donors (Lipinski definition) is 4. The fourth-order valence-corrected chi connectivity index (χ4v) is 2.08. The van der Waals surface area contributed by atoms with Crippen molar-refractivity contribution >= 4 is 29.1 Å². The summed E-state index contributed by atoms with van der Waals surface area (Å²) >= 11 is 4.94. The Kier molecular flexibility index (Phi) is 6.07. The molecule has 132 valence electrons. The number of aryl methyl sites for hydroxylation is 3. The number of aromatic amines is 1. The van der Waals surface area contributed by atoms with Gasteiger partial charge >= 0.3 is 0 Å². The van der Waals surface area contributed by atoms with E-state index in [1.807, 2.05) is 32.0 Å². The van der Waals surface area contributed by atoms with E-state index in [9.17, 15) is 9.59 Å². The summed E-state index contributed by atoms with van der Waals surface area (Å²) in [7, 11) is 0. The quantitative estimate of drug-likeness (QED) is 0.479. The molecule has 0 saturated carbocycles. The van der Waals surface area contributed by atoms with Gasteiger partial charge in [-0.05, 0) is 56.2 Å². The highest BCUT2D eigenvalue weighted by Crippen LogP contribution is 2.18. The van der Waals surface area contributed by atoms with Crippen molar-refractivity contribution < 1.29 is 14.3 Å². The van der Waals surface area contributed by atoms with Crippen LogP contribution in [0.4, 0.5) is 0 Å². The van der Waals surface area contributed by atoms with Gasteiger partial charge < -0.3 is 4.74 Å². The zero-order valence-corrected chi connectivity index (χ0v) is 14.9. The van der Waals surface area contributed by atoms with Crippen LogP contribution in [0.5, 0.6) is 5.75 Å². The van der Waals surface area contributed by atoms with Crippen molar-refractivity contribution in [3.8, 4) is 5.75 Å². The molecule has 0 saturated heterocycles. The van der Waals surface area contributed by atoms with Gasteiger partial charge in [0.1, 0.15) is 5.75 Å². The van der Waals surface area contributed by atoms with Crippen molar-refractivity contribution in [1.29, 1.82) is 0 Å². The molecule has 0 radical (unpaired) electrons. The van der Waals surface area contributed by atoms with Crippen LogP contribution in [0.15, 0.2) is 24.3 Å². The molecular formula is C16H19N5O3S. The first-order valence-electron chi connectivity index (χ1n) is 7.47. The van der Waals surface area contributed by atoms with E-state index in [4.69, 9.17) is 17.0 Å². The van der Waals surface area contributed by atoms with Crippen molar-refractivity contribution in [2.75, 3.05) is 6.61 Å². The first-order valence-corrected chi connectivity index (χ1v) is 7.88. The third-order valence-electron chi connectivity index (χ3n) is 3.18. The molecule has 9 heteroatoms. The average Bonchev–Trinajstić information content (AvgIpc) is 3.00. The number of nitrogens with zero attached hydrogens (tertiary/aromatic N) is 1. The van der Waals surface area contributed by atoms with Crippen molar-refractivity contribution in [2.24, 2.45) is 0 Å². The first-order chi connectivity index (χ1) is 11.8. The molecule has 4 N–H and O–H groups in total. The Bertz CT molecular complexity index is 803. The summed E-state index contributed by atoms with van der Waals surface area (Å²) in [6, 6.07) is 7.31. The number of benzene rings is 1. The number of carbonyl (C=O) groups is 2. The number of carbonyl (C=O) groups excluding carboxylic acids is 2. The normalized spacial score (nSPS) is 10.0. The molecule has 2 amide bonds. The molecule has 0 spiro atoms. The Morgan fingerprint density at radius 2 is 1.96 bits per heavy atom. The highest BCUT2D eigenvalue weighted by atomic mass is 32.1. The van der Waals surface area contributed by atoms with Gasteiger partial charge in [-0.25, -0.2) is 0 Å². The smallest absolute Gasteiger partial charge is 0.290 e. The molecule has 2 rings (SSSR count). The zero-order valence-electron chi connectivity index (χ0n) is 14.1. The Balaban J connectivity index is 1.75. The molecule has 1 heterocycles. The number of ether oxygens (including phenoxy) is 1. The molecule has 2 aromatic rings. The maximum Gasteiger partial charge on any atom is 0.290 e. The highest BCUT2D eigenvalue weighted by molar-refractivity contribution is 7.80. The second-order valence-corrected chi connectivity index (χ2v) is 5.86. The topological polar surface area (TPSA) is 108 Å². The molecule has 0 aliphatic heterocycles. The summed E-state index contributed by atoms with van der Waals surface area (Å²) in [5.41, 5.74) is 7.70. The lowest BCUT2D eigenvalue weighted by Gasteiger charge is -2.12. The average molecular weight is 361 g/mol. The number of aromatic nitrogens is 2. The van der Waals surface area contributed by atoms with Crippen LogP contribution in [0.25, 0.3) is 0 Å². The third-order valence-corrected chi connectivity index (χ3v) is 3.39. The summed E-state index contributed by atoms with van der Waals surface area (Å²) < 4.78 is 5.48. The largest absolute Gasteiger partial charge is 0.483 e. The van der Waals surface area contributed by atoms with Crippen molar-refractivity contribution in [1.82, 2.24) is 26.4 Å². The molecule has 1 aromatic carbocycles. The van der Waals surface area contributed by atoms with Crippen LogP contribution in [-0.4, -0.2) is 33.7 Å². The van der Waals surface area contributed by atoms with Crippen molar-refractivity contribution in [3.05, 3.63) is 46.8 Å². The number of hydrogen-bond acceptors (Lipinski definition) is 5. The summed E-state index contributed by atoms with van der Waals surface area (Å²) in [4.78, 5) is 23.6. The number of amides is 2. The van der Waals surface area contributed by atoms with Crippen LogP contribution in [-0.2, 0) is 4.79 Å².